The van der Waals surface area contributed by atoms with E-state index in [9.17, 15) is 0 Å². The van der Waals surface area contributed by atoms with Gasteiger partial charge >= 0.3 is 0 Å². The summed E-state index contributed by atoms with van der Waals surface area (Å²) in [7, 11) is 0. The third-order valence-corrected chi connectivity index (χ3v) is 2.34. The first-order valence-corrected chi connectivity index (χ1v) is 6.05. The summed E-state index contributed by atoms with van der Waals surface area (Å²) in [5.41, 5.74) is 0. The smallest absolute Gasteiger partial charge is 0.0518 e. The summed E-state index contributed by atoms with van der Waals surface area (Å²) in [6.45, 7) is 10.6. The van der Waals surface area contributed by atoms with Gasteiger partial charge in [0, 0.05) is 12.6 Å². The Morgan fingerprint density at radius 2 is 1.93 bits per heavy atom. The molecular formula is C12H27NO. The first-order valence-electron chi connectivity index (χ1n) is 6.05. The van der Waals surface area contributed by atoms with Crippen LogP contribution in [0.15, 0.2) is 0 Å². The largest absolute Gasteiger partial charge is 0.379 e. The molecule has 0 bridgehead atoms. The molecule has 2 heteroatoms. The lowest BCUT2D eigenvalue weighted by molar-refractivity contribution is 0.0766. The molecule has 1 N–H and O–H groups in total. The third-order valence-electron chi connectivity index (χ3n) is 2.34. The van der Waals surface area contributed by atoms with E-state index in [-0.39, 0.29) is 0 Å². The zero-order valence-corrected chi connectivity index (χ0v) is 10.3. The van der Waals surface area contributed by atoms with Crippen LogP contribution >= 0.6 is 0 Å². The van der Waals surface area contributed by atoms with Gasteiger partial charge in [0.1, 0.15) is 0 Å². The van der Waals surface area contributed by atoms with Gasteiger partial charge in [0.05, 0.1) is 6.10 Å². The van der Waals surface area contributed by atoms with E-state index in [1.807, 2.05) is 0 Å². The quantitative estimate of drug-likeness (QED) is 0.579. The summed E-state index contributed by atoms with van der Waals surface area (Å²) >= 11 is 0. The van der Waals surface area contributed by atoms with Gasteiger partial charge in [-0.25, -0.2) is 0 Å². The van der Waals surface area contributed by atoms with E-state index in [0.717, 1.165) is 19.6 Å². The molecule has 0 amide bonds. The van der Waals surface area contributed by atoms with Gasteiger partial charge in [-0.15, -0.1) is 0 Å². The number of hydrogen-bond acceptors (Lipinski definition) is 2. The van der Waals surface area contributed by atoms with Gasteiger partial charge in [0.15, 0.2) is 0 Å². The molecule has 0 aromatic heterocycles. The van der Waals surface area contributed by atoms with Crippen LogP contribution in [0.4, 0.5) is 0 Å². The summed E-state index contributed by atoms with van der Waals surface area (Å²) < 4.78 is 5.48. The van der Waals surface area contributed by atoms with E-state index in [2.05, 4.69) is 33.0 Å². The van der Waals surface area contributed by atoms with Crippen molar-refractivity contribution in [1.82, 2.24) is 5.32 Å². The van der Waals surface area contributed by atoms with Crippen molar-refractivity contribution in [3.05, 3.63) is 0 Å². The molecule has 0 saturated heterocycles. The molecule has 0 aliphatic heterocycles. The zero-order valence-electron chi connectivity index (χ0n) is 10.3. The minimum Gasteiger partial charge on any atom is -0.379 e. The van der Waals surface area contributed by atoms with Crippen molar-refractivity contribution in [1.29, 1.82) is 0 Å². The van der Waals surface area contributed by atoms with Crippen LogP contribution in [-0.4, -0.2) is 25.3 Å². The van der Waals surface area contributed by atoms with E-state index in [0.29, 0.717) is 12.1 Å². The predicted molar refractivity (Wildman–Crippen MR) is 62.7 cm³/mol. The Morgan fingerprint density at radius 3 is 2.43 bits per heavy atom. The monoisotopic (exact) mass is 201 g/mol. The van der Waals surface area contributed by atoms with Crippen molar-refractivity contribution < 1.29 is 4.74 Å². The van der Waals surface area contributed by atoms with Crippen molar-refractivity contribution in [2.24, 2.45) is 0 Å². The van der Waals surface area contributed by atoms with Crippen LogP contribution in [-0.2, 0) is 4.74 Å². The molecular weight excluding hydrogens is 174 g/mol. The molecule has 0 spiro atoms. The Balaban J connectivity index is 3.24. The molecule has 0 aromatic carbocycles. The Kier molecular flexibility index (Phi) is 9.42. The summed E-state index contributed by atoms with van der Waals surface area (Å²) in [4.78, 5) is 0. The number of ether oxygens (including phenoxy) is 1. The van der Waals surface area contributed by atoms with Crippen LogP contribution in [0.2, 0.25) is 0 Å². The van der Waals surface area contributed by atoms with E-state index in [1.54, 1.807) is 0 Å². The summed E-state index contributed by atoms with van der Waals surface area (Å²) in [5.74, 6) is 0. The molecule has 0 aliphatic carbocycles. The maximum absolute atomic E-state index is 5.48. The van der Waals surface area contributed by atoms with E-state index >= 15 is 0 Å². The fraction of sp³-hybridized carbons (Fsp3) is 1.00. The van der Waals surface area contributed by atoms with E-state index < -0.39 is 0 Å². The molecule has 0 saturated carbocycles. The molecule has 0 heterocycles. The minimum atomic E-state index is 0.368. The van der Waals surface area contributed by atoms with Gasteiger partial charge in [0.25, 0.3) is 0 Å². The molecule has 1 unspecified atom stereocenters. The van der Waals surface area contributed by atoms with Crippen molar-refractivity contribution in [2.45, 2.75) is 65.5 Å². The molecule has 14 heavy (non-hydrogen) atoms. The summed E-state index contributed by atoms with van der Waals surface area (Å²) in [6, 6.07) is 0.707. The van der Waals surface area contributed by atoms with Crippen molar-refractivity contribution >= 4 is 0 Å². The first kappa shape index (κ1) is 13.9. The van der Waals surface area contributed by atoms with Crippen molar-refractivity contribution in [3.63, 3.8) is 0 Å². The molecule has 2 nitrogen and oxygen atoms in total. The molecule has 0 rings (SSSR count). The van der Waals surface area contributed by atoms with Gasteiger partial charge in [-0.2, -0.15) is 0 Å². The van der Waals surface area contributed by atoms with Crippen LogP contribution in [0.1, 0.15) is 53.4 Å². The van der Waals surface area contributed by atoms with Crippen LogP contribution in [0.5, 0.6) is 0 Å². The maximum atomic E-state index is 5.48. The first-order chi connectivity index (χ1) is 6.70. The maximum Gasteiger partial charge on any atom is 0.0518 e. The van der Waals surface area contributed by atoms with Crippen LogP contribution in [0.3, 0.4) is 0 Å². The zero-order chi connectivity index (χ0) is 10.8. The number of nitrogens with one attached hydrogen (secondary N) is 1. The molecule has 0 fully saturated rings. The predicted octanol–water partition coefficient (Wildman–Crippen LogP) is 2.97. The Labute approximate surface area is 89.4 Å². The minimum absolute atomic E-state index is 0.368. The average molecular weight is 201 g/mol. The second-order valence-corrected chi connectivity index (χ2v) is 4.12. The topological polar surface area (TPSA) is 21.3 Å². The normalized spacial score (nSPS) is 13.5. The fourth-order valence-electron chi connectivity index (χ4n) is 1.50. The second-order valence-electron chi connectivity index (χ2n) is 4.12. The number of hydrogen-bond donors (Lipinski definition) is 1. The Morgan fingerprint density at radius 1 is 1.21 bits per heavy atom. The average Bonchev–Trinajstić information content (AvgIpc) is 2.15. The molecule has 0 radical (unpaired) electrons. The van der Waals surface area contributed by atoms with Gasteiger partial charge in [-0.3, -0.25) is 0 Å². The fourth-order valence-corrected chi connectivity index (χ4v) is 1.50. The lowest BCUT2D eigenvalue weighted by atomic mass is 10.1. The molecule has 0 aliphatic rings. The van der Waals surface area contributed by atoms with Gasteiger partial charge in [0.2, 0.25) is 0 Å². The highest BCUT2D eigenvalue weighted by atomic mass is 16.5. The van der Waals surface area contributed by atoms with Crippen LogP contribution < -0.4 is 5.32 Å². The highest BCUT2D eigenvalue weighted by Gasteiger charge is 2.02. The van der Waals surface area contributed by atoms with E-state index in [1.165, 1.54) is 19.3 Å². The van der Waals surface area contributed by atoms with Crippen LogP contribution in [0, 0.1) is 0 Å². The lowest BCUT2D eigenvalue weighted by Gasteiger charge is -2.16. The van der Waals surface area contributed by atoms with Crippen molar-refractivity contribution in [3.8, 4) is 0 Å². The van der Waals surface area contributed by atoms with E-state index in [4.69, 9.17) is 4.74 Å². The summed E-state index contributed by atoms with van der Waals surface area (Å²) in [6.07, 6.45) is 5.29. The van der Waals surface area contributed by atoms with Gasteiger partial charge in [-0.1, -0.05) is 20.3 Å². The standard InChI is InChI=1S/C12H27NO/c1-5-8-12(6-2)13-9-7-10-14-11(3)4/h11-13H,5-10H2,1-4H3. The van der Waals surface area contributed by atoms with Gasteiger partial charge in [-0.05, 0) is 39.7 Å². The third kappa shape index (κ3) is 8.52. The molecule has 1 atom stereocenters. The van der Waals surface area contributed by atoms with Crippen LogP contribution in [0.25, 0.3) is 0 Å². The molecule has 86 valence electrons. The van der Waals surface area contributed by atoms with Crippen molar-refractivity contribution in [2.75, 3.05) is 13.2 Å². The SMILES string of the molecule is CCCC(CC)NCCCOC(C)C. The highest BCUT2D eigenvalue weighted by molar-refractivity contribution is 4.63. The summed E-state index contributed by atoms with van der Waals surface area (Å²) in [5, 5.41) is 3.56. The van der Waals surface area contributed by atoms with Gasteiger partial charge < -0.3 is 10.1 Å². The Bertz CT molecular complexity index is 115. The second kappa shape index (κ2) is 9.47. The Hall–Kier alpha value is -0.0800. The molecule has 0 aromatic rings. The number of rotatable bonds is 9. The highest BCUT2D eigenvalue weighted by Crippen LogP contribution is 2.00. The lowest BCUT2D eigenvalue weighted by Crippen LogP contribution is -2.29.